The van der Waals surface area contributed by atoms with Crippen LogP contribution < -0.4 is 5.73 Å². The minimum Gasteiger partial charge on any atom is -0.394 e. The number of rotatable bonds is 2. The molecule has 0 saturated heterocycles. The van der Waals surface area contributed by atoms with Gasteiger partial charge in [-0.05, 0) is 36.6 Å². The predicted octanol–water partition coefficient (Wildman–Crippen LogP) is 2.06. The molecule has 0 aliphatic carbocycles. The van der Waals surface area contributed by atoms with E-state index in [0.717, 1.165) is 15.6 Å². The fraction of sp³-hybridized carbons (Fsp3) is 0.400. The molecule has 72 valence electrons. The molecule has 0 fully saturated rings. The summed E-state index contributed by atoms with van der Waals surface area (Å²) >= 11 is 3.45. The van der Waals surface area contributed by atoms with Crippen molar-refractivity contribution in [3.05, 3.63) is 33.3 Å². The summed E-state index contributed by atoms with van der Waals surface area (Å²) in [6.07, 6.45) is 0. The summed E-state index contributed by atoms with van der Waals surface area (Å²) < 4.78 is 1.08. The summed E-state index contributed by atoms with van der Waals surface area (Å²) in [5.74, 6) is 0. The van der Waals surface area contributed by atoms with Crippen LogP contribution in [0.15, 0.2) is 16.6 Å². The molecule has 13 heavy (non-hydrogen) atoms. The molecule has 0 amide bonds. The van der Waals surface area contributed by atoms with Crippen LogP contribution in [0.3, 0.4) is 0 Å². The van der Waals surface area contributed by atoms with Gasteiger partial charge in [0.05, 0.1) is 12.6 Å². The topological polar surface area (TPSA) is 46.2 Å². The number of benzene rings is 1. The van der Waals surface area contributed by atoms with Gasteiger partial charge in [0.1, 0.15) is 0 Å². The van der Waals surface area contributed by atoms with E-state index in [-0.39, 0.29) is 12.6 Å². The third-order valence-corrected chi connectivity index (χ3v) is 3.22. The lowest BCUT2D eigenvalue weighted by molar-refractivity contribution is 0.267. The quantitative estimate of drug-likeness (QED) is 0.836. The molecule has 1 aromatic rings. The van der Waals surface area contributed by atoms with Crippen molar-refractivity contribution < 1.29 is 5.11 Å². The average Bonchev–Trinajstić information content (AvgIpc) is 2.13. The lowest BCUT2D eigenvalue weighted by Gasteiger charge is -2.14. The van der Waals surface area contributed by atoms with Crippen LogP contribution in [0.1, 0.15) is 22.7 Å². The van der Waals surface area contributed by atoms with Crippen LogP contribution in [0.4, 0.5) is 0 Å². The molecule has 2 nitrogen and oxygen atoms in total. The van der Waals surface area contributed by atoms with Gasteiger partial charge in [-0.1, -0.05) is 22.0 Å². The van der Waals surface area contributed by atoms with Crippen molar-refractivity contribution in [2.24, 2.45) is 5.73 Å². The maximum atomic E-state index is 8.94. The van der Waals surface area contributed by atoms with Crippen LogP contribution in [0, 0.1) is 13.8 Å². The first-order valence-corrected chi connectivity index (χ1v) is 4.99. The van der Waals surface area contributed by atoms with E-state index in [0.29, 0.717) is 0 Å². The Morgan fingerprint density at radius 1 is 1.38 bits per heavy atom. The molecule has 0 radical (unpaired) electrons. The van der Waals surface area contributed by atoms with E-state index in [1.54, 1.807) is 0 Å². The molecule has 0 bridgehead atoms. The average molecular weight is 244 g/mol. The minimum atomic E-state index is -0.271. The Kier molecular flexibility index (Phi) is 3.47. The van der Waals surface area contributed by atoms with Crippen LogP contribution in [-0.4, -0.2) is 11.7 Å². The molecule has 1 rings (SSSR count). The van der Waals surface area contributed by atoms with Crippen LogP contribution in [0.25, 0.3) is 0 Å². The molecule has 0 heterocycles. The zero-order valence-corrected chi connectivity index (χ0v) is 9.43. The third kappa shape index (κ3) is 2.10. The highest BCUT2D eigenvalue weighted by atomic mass is 79.9. The maximum absolute atomic E-state index is 8.94. The number of hydrogen-bond donors (Lipinski definition) is 2. The highest BCUT2D eigenvalue weighted by Crippen LogP contribution is 2.25. The van der Waals surface area contributed by atoms with E-state index in [9.17, 15) is 0 Å². The summed E-state index contributed by atoms with van der Waals surface area (Å²) in [7, 11) is 0. The normalized spacial score (nSPS) is 13.0. The molecule has 1 atom stereocenters. The Morgan fingerprint density at radius 3 is 2.54 bits per heavy atom. The van der Waals surface area contributed by atoms with Crippen molar-refractivity contribution in [3.63, 3.8) is 0 Å². The van der Waals surface area contributed by atoms with E-state index in [1.165, 1.54) is 5.56 Å². The molecular formula is C10H14BrNO. The Labute approximate surface area is 86.9 Å². The minimum absolute atomic E-state index is 0.0120. The molecule has 3 N–H and O–H groups in total. The summed E-state index contributed by atoms with van der Waals surface area (Å²) in [6, 6.07) is 3.65. The van der Waals surface area contributed by atoms with Gasteiger partial charge in [0.15, 0.2) is 0 Å². The van der Waals surface area contributed by atoms with Gasteiger partial charge in [-0.25, -0.2) is 0 Å². The molecule has 3 heteroatoms. The summed E-state index contributed by atoms with van der Waals surface area (Å²) in [6.45, 7) is 4.04. The monoisotopic (exact) mass is 243 g/mol. The van der Waals surface area contributed by atoms with Crippen molar-refractivity contribution in [1.82, 2.24) is 0 Å². The molecular weight excluding hydrogens is 230 g/mol. The third-order valence-electron chi connectivity index (χ3n) is 2.36. The molecule has 1 unspecified atom stereocenters. The van der Waals surface area contributed by atoms with Gasteiger partial charge in [0.25, 0.3) is 0 Å². The largest absolute Gasteiger partial charge is 0.394 e. The van der Waals surface area contributed by atoms with Gasteiger partial charge >= 0.3 is 0 Å². The van der Waals surface area contributed by atoms with E-state index < -0.39 is 0 Å². The molecule has 0 aliphatic heterocycles. The van der Waals surface area contributed by atoms with E-state index in [1.807, 2.05) is 26.0 Å². The Hall–Kier alpha value is -0.380. The van der Waals surface area contributed by atoms with Crippen molar-refractivity contribution in [3.8, 4) is 0 Å². The van der Waals surface area contributed by atoms with Gasteiger partial charge in [-0.3, -0.25) is 0 Å². The van der Waals surface area contributed by atoms with Crippen LogP contribution >= 0.6 is 15.9 Å². The Morgan fingerprint density at radius 2 is 2.00 bits per heavy atom. The van der Waals surface area contributed by atoms with Gasteiger partial charge in [0, 0.05) is 4.47 Å². The lowest BCUT2D eigenvalue weighted by atomic mass is 9.98. The van der Waals surface area contributed by atoms with Crippen LogP contribution in [0.5, 0.6) is 0 Å². The fourth-order valence-corrected chi connectivity index (χ4v) is 1.74. The number of nitrogens with two attached hydrogens (primary N) is 1. The number of aliphatic hydroxyl groups excluding tert-OH is 1. The summed E-state index contributed by atoms with van der Waals surface area (Å²) in [5, 5.41) is 8.94. The Balaban J connectivity index is 3.18. The summed E-state index contributed by atoms with van der Waals surface area (Å²) in [5.41, 5.74) is 9.10. The molecule has 1 aromatic carbocycles. The van der Waals surface area contributed by atoms with E-state index >= 15 is 0 Å². The predicted molar refractivity (Wildman–Crippen MR) is 57.6 cm³/mol. The Bertz CT molecular complexity index is 312. The zero-order valence-electron chi connectivity index (χ0n) is 7.84. The molecule has 0 spiro atoms. The van der Waals surface area contributed by atoms with Crippen molar-refractivity contribution in [2.75, 3.05) is 6.61 Å². The first-order valence-electron chi connectivity index (χ1n) is 4.20. The number of hydrogen-bond acceptors (Lipinski definition) is 2. The molecule has 0 saturated carbocycles. The smallest absolute Gasteiger partial charge is 0.0624 e. The highest BCUT2D eigenvalue weighted by molar-refractivity contribution is 9.10. The first-order chi connectivity index (χ1) is 6.07. The van der Waals surface area contributed by atoms with Crippen LogP contribution in [-0.2, 0) is 0 Å². The standard InChI is InChI=1S/C10H14BrNO/c1-6-7(2)9(11)4-3-8(6)10(12)5-13/h3-4,10,13H,5,12H2,1-2H3. The second kappa shape index (κ2) is 4.22. The fourth-order valence-electron chi connectivity index (χ4n) is 1.31. The second-order valence-corrected chi connectivity index (χ2v) is 4.03. The lowest BCUT2D eigenvalue weighted by Crippen LogP contribution is -2.16. The maximum Gasteiger partial charge on any atom is 0.0624 e. The summed E-state index contributed by atoms with van der Waals surface area (Å²) in [4.78, 5) is 0. The highest BCUT2D eigenvalue weighted by Gasteiger charge is 2.10. The van der Waals surface area contributed by atoms with E-state index in [4.69, 9.17) is 10.8 Å². The van der Waals surface area contributed by atoms with Crippen LogP contribution in [0.2, 0.25) is 0 Å². The zero-order chi connectivity index (χ0) is 10.0. The van der Waals surface area contributed by atoms with Gasteiger partial charge < -0.3 is 10.8 Å². The molecule has 0 aromatic heterocycles. The van der Waals surface area contributed by atoms with Gasteiger partial charge in [-0.15, -0.1) is 0 Å². The number of aliphatic hydroxyl groups is 1. The number of halogens is 1. The van der Waals surface area contributed by atoms with Crippen molar-refractivity contribution in [2.45, 2.75) is 19.9 Å². The van der Waals surface area contributed by atoms with Crippen molar-refractivity contribution in [1.29, 1.82) is 0 Å². The van der Waals surface area contributed by atoms with Gasteiger partial charge in [-0.2, -0.15) is 0 Å². The second-order valence-electron chi connectivity index (χ2n) is 3.18. The van der Waals surface area contributed by atoms with Gasteiger partial charge in [0.2, 0.25) is 0 Å². The first kappa shape index (κ1) is 10.7. The van der Waals surface area contributed by atoms with Crippen molar-refractivity contribution >= 4 is 15.9 Å². The molecule has 0 aliphatic rings. The SMILES string of the molecule is Cc1c(Br)ccc(C(N)CO)c1C. The van der Waals surface area contributed by atoms with E-state index in [2.05, 4.69) is 15.9 Å².